The number of rotatable bonds is 9. The average molecular weight is 314 g/mol. The second-order valence-electron chi connectivity index (χ2n) is 8.36. The summed E-state index contributed by atoms with van der Waals surface area (Å²) >= 11 is 0. The van der Waals surface area contributed by atoms with Crippen LogP contribution >= 0.6 is 0 Å². The van der Waals surface area contributed by atoms with Gasteiger partial charge in [-0.1, -0.05) is 54.4 Å². The van der Waals surface area contributed by atoms with Crippen molar-refractivity contribution in [2.24, 2.45) is 10.8 Å². The Hall–Kier alpha value is -1.06. The zero-order valence-corrected chi connectivity index (χ0v) is 15.3. The SMILES string of the molecule is CC(C)(C)COC(=O)CCCCCCC(=O)OCC(C)(C)C. The summed E-state index contributed by atoms with van der Waals surface area (Å²) in [5, 5.41) is 0. The standard InChI is InChI=1S/C18H34O4/c1-17(2,3)13-21-15(19)11-9-7-8-10-12-16(20)22-14-18(4,5)6/h7-14H2,1-6H3. The van der Waals surface area contributed by atoms with E-state index in [0.717, 1.165) is 25.7 Å². The molecule has 0 heterocycles. The smallest absolute Gasteiger partial charge is 0.305 e. The molecular weight excluding hydrogens is 280 g/mol. The molecule has 22 heavy (non-hydrogen) atoms. The fourth-order valence-electron chi connectivity index (χ4n) is 1.63. The van der Waals surface area contributed by atoms with E-state index in [0.29, 0.717) is 26.1 Å². The Bertz CT molecular complexity index is 300. The van der Waals surface area contributed by atoms with Gasteiger partial charge in [0.25, 0.3) is 0 Å². The van der Waals surface area contributed by atoms with Crippen LogP contribution in [0, 0.1) is 10.8 Å². The van der Waals surface area contributed by atoms with Crippen LogP contribution in [-0.2, 0) is 19.1 Å². The highest BCUT2D eigenvalue weighted by atomic mass is 16.5. The number of carbonyl (C=O) groups is 2. The van der Waals surface area contributed by atoms with Gasteiger partial charge in [0.1, 0.15) is 0 Å². The number of ether oxygens (including phenoxy) is 2. The lowest BCUT2D eigenvalue weighted by molar-refractivity contribution is -0.147. The van der Waals surface area contributed by atoms with Crippen molar-refractivity contribution in [2.75, 3.05) is 13.2 Å². The topological polar surface area (TPSA) is 52.6 Å². The lowest BCUT2D eigenvalue weighted by Crippen LogP contribution is -2.18. The van der Waals surface area contributed by atoms with Crippen molar-refractivity contribution in [1.29, 1.82) is 0 Å². The van der Waals surface area contributed by atoms with Gasteiger partial charge in [-0.05, 0) is 23.7 Å². The molecule has 0 aliphatic rings. The van der Waals surface area contributed by atoms with Crippen LogP contribution in [0.5, 0.6) is 0 Å². The third-order valence-corrected chi connectivity index (χ3v) is 2.84. The largest absolute Gasteiger partial charge is 0.465 e. The van der Waals surface area contributed by atoms with E-state index >= 15 is 0 Å². The summed E-state index contributed by atoms with van der Waals surface area (Å²) in [7, 11) is 0. The first kappa shape index (κ1) is 20.9. The summed E-state index contributed by atoms with van der Waals surface area (Å²) in [4.78, 5) is 23.0. The summed E-state index contributed by atoms with van der Waals surface area (Å²) in [6.45, 7) is 13.2. The van der Waals surface area contributed by atoms with Gasteiger partial charge < -0.3 is 9.47 Å². The minimum Gasteiger partial charge on any atom is -0.465 e. The molecule has 0 aromatic carbocycles. The summed E-state index contributed by atoms with van der Waals surface area (Å²) in [5.41, 5.74) is 0.0339. The predicted molar refractivity (Wildman–Crippen MR) is 88.5 cm³/mol. The van der Waals surface area contributed by atoms with E-state index in [9.17, 15) is 9.59 Å². The third-order valence-electron chi connectivity index (χ3n) is 2.84. The molecule has 0 unspecified atom stereocenters. The van der Waals surface area contributed by atoms with Gasteiger partial charge in [0, 0.05) is 12.8 Å². The Morgan fingerprint density at radius 1 is 0.636 bits per heavy atom. The summed E-state index contributed by atoms with van der Waals surface area (Å²) in [5.74, 6) is -0.251. The quantitative estimate of drug-likeness (QED) is 0.464. The maximum absolute atomic E-state index is 11.5. The Kier molecular flexibility index (Phi) is 9.38. The minimum atomic E-state index is -0.125. The molecule has 0 fully saturated rings. The summed E-state index contributed by atoms with van der Waals surface area (Å²) in [6, 6.07) is 0. The number of hydrogen-bond acceptors (Lipinski definition) is 4. The van der Waals surface area contributed by atoms with Gasteiger partial charge in [-0.25, -0.2) is 0 Å². The van der Waals surface area contributed by atoms with Crippen molar-refractivity contribution in [1.82, 2.24) is 0 Å². The van der Waals surface area contributed by atoms with Crippen molar-refractivity contribution in [2.45, 2.75) is 80.1 Å². The Labute approximate surface area is 135 Å². The van der Waals surface area contributed by atoms with Crippen LogP contribution in [0.1, 0.15) is 80.1 Å². The molecule has 0 radical (unpaired) electrons. The van der Waals surface area contributed by atoms with Crippen LogP contribution in [0.4, 0.5) is 0 Å². The van der Waals surface area contributed by atoms with Gasteiger partial charge in [-0.15, -0.1) is 0 Å². The summed E-state index contributed by atoms with van der Waals surface area (Å²) < 4.78 is 10.4. The molecule has 0 atom stereocenters. The first-order valence-electron chi connectivity index (χ1n) is 8.31. The Morgan fingerprint density at radius 3 is 1.23 bits per heavy atom. The van der Waals surface area contributed by atoms with E-state index in [1.807, 2.05) is 41.5 Å². The predicted octanol–water partition coefficient (Wildman–Crippen LogP) is 4.51. The lowest BCUT2D eigenvalue weighted by Gasteiger charge is -2.18. The van der Waals surface area contributed by atoms with Crippen molar-refractivity contribution in [3.63, 3.8) is 0 Å². The van der Waals surface area contributed by atoms with Crippen LogP contribution < -0.4 is 0 Å². The van der Waals surface area contributed by atoms with Crippen LogP contribution in [0.3, 0.4) is 0 Å². The third kappa shape index (κ3) is 15.3. The molecule has 0 bridgehead atoms. The molecule has 0 saturated carbocycles. The highest BCUT2D eigenvalue weighted by Crippen LogP contribution is 2.15. The molecule has 0 spiro atoms. The maximum atomic E-state index is 11.5. The van der Waals surface area contributed by atoms with Gasteiger partial charge in [0.15, 0.2) is 0 Å². The second-order valence-corrected chi connectivity index (χ2v) is 8.36. The number of unbranched alkanes of at least 4 members (excludes halogenated alkanes) is 3. The van der Waals surface area contributed by atoms with Crippen LogP contribution in [-0.4, -0.2) is 25.2 Å². The van der Waals surface area contributed by atoms with Gasteiger partial charge in [0.2, 0.25) is 0 Å². The van der Waals surface area contributed by atoms with Crippen molar-refractivity contribution < 1.29 is 19.1 Å². The molecule has 0 aliphatic carbocycles. The average Bonchev–Trinajstić information content (AvgIpc) is 2.36. The zero-order chi connectivity index (χ0) is 17.2. The molecule has 0 saturated heterocycles. The van der Waals surface area contributed by atoms with E-state index in [4.69, 9.17) is 9.47 Å². The van der Waals surface area contributed by atoms with Gasteiger partial charge >= 0.3 is 11.9 Å². The molecule has 0 N–H and O–H groups in total. The Morgan fingerprint density at radius 2 is 0.955 bits per heavy atom. The van der Waals surface area contributed by atoms with Gasteiger partial charge in [-0.3, -0.25) is 9.59 Å². The molecule has 130 valence electrons. The molecular formula is C18H34O4. The Balaban J connectivity index is 3.50. The fraction of sp³-hybridized carbons (Fsp3) is 0.889. The van der Waals surface area contributed by atoms with E-state index in [-0.39, 0.29) is 22.8 Å². The fourth-order valence-corrected chi connectivity index (χ4v) is 1.63. The van der Waals surface area contributed by atoms with Crippen LogP contribution in [0.15, 0.2) is 0 Å². The second kappa shape index (κ2) is 9.86. The molecule has 0 amide bonds. The highest BCUT2D eigenvalue weighted by molar-refractivity contribution is 5.69. The maximum Gasteiger partial charge on any atom is 0.305 e. The number of hydrogen-bond donors (Lipinski definition) is 0. The monoisotopic (exact) mass is 314 g/mol. The molecule has 4 nitrogen and oxygen atoms in total. The van der Waals surface area contributed by atoms with Gasteiger partial charge in [-0.2, -0.15) is 0 Å². The van der Waals surface area contributed by atoms with E-state index < -0.39 is 0 Å². The van der Waals surface area contributed by atoms with E-state index in [1.165, 1.54) is 0 Å². The van der Waals surface area contributed by atoms with Crippen molar-refractivity contribution in [3.8, 4) is 0 Å². The molecule has 0 aromatic heterocycles. The van der Waals surface area contributed by atoms with E-state index in [2.05, 4.69) is 0 Å². The first-order valence-corrected chi connectivity index (χ1v) is 8.31. The summed E-state index contributed by atoms with van der Waals surface area (Å²) in [6.07, 6.45) is 4.45. The number of carbonyl (C=O) groups excluding carboxylic acids is 2. The van der Waals surface area contributed by atoms with E-state index in [1.54, 1.807) is 0 Å². The highest BCUT2D eigenvalue weighted by Gasteiger charge is 2.14. The van der Waals surface area contributed by atoms with Crippen molar-refractivity contribution >= 4 is 11.9 Å². The molecule has 4 heteroatoms. The van der Waals surface area contributed by atoms with Crippen LogP contribution in [0.2, 0.25) is 0 Å². The lowest BCUT2D eigenvalue weighted by atomic mass is 9.99. The molecule has 0 rings (SSSR count). The van der Waals surface area contributed by atoms with Gasteiger partial charge in [0.05, 0.1) is 13.2 Å². The number of esters is 2. The van der Waals surface area contributed by atoms with Crippen molar-refractivity contribution in [3.05, 3.63) is 0 Å². The first-order chi connectivity index (χ1) is 9.99. The molecule has 0 aromatic rings. The minimum absolute atomic E-state index is 0.0169. The molecule has 0 aliphatic heterocycles. The van der Waals surface area contributed by atoms with Crippen LogP contribution in [0.25, 0.3) is 0 Å². The zero-order valence-electron chi connectivity index (χ0n) is 15.3. The normalized spacial score (nSPS) is 12.1.